The molecule has 0 aromatic rings. The van der Waals surface area contributed by atoms with E-state index >= 15 is 0 Å². The van der Waals surface area contributed by atoms with Crippen molar-refractivity contribution in [3.63, 3.8) is 0 Å². The van der Waals surface area contributed by atoms with Gasteiger partial charge < -0.3 is 0 Å². The van der Waals surface area contributed by atoms with Crippen molar-refractivity contribution < 1.29 is 0 Å². The molecule has 0 heterocycles. The Balaban J connectivity index is 7.03. The summed E-state index contributed by atoms with van der Waals surface area (Å²) < 4.78 is 0. The van der Waals surface area contributed by atoms with Gasteiger partial charge >= 0.3 is 0 Å². The molecule has 0 saturated heterocycles. The fourth-order valence-corrected chi connectivity index (χ4v) is 5.39. The molecule has 0 aromatic heterocycles. The zero-order valence-electron chi connectivity index (χ0n) is 22.5. The number of hydrogen-bond donors (Lipinski definition) is 0. The lowest BCUT2D eigenvalue weighted by Gasteiger charge is -2.63. The van der Waals surface area contributed by atoms with E-state index in [1.807, 2.05) is 0 Å². The summed E-state index contributed by atoms with van der Waals surface area (Å²) in [6, 6.07) is 3.26. The molecule has 0 fully saturated rings. The van der Waals surface area contributed by atoms with Crippen molar-refractivity contribution in [1.29, 1.82) is 0 Å². The Morgan fingerprint density at radius 2 is 0.552 bits per heavy atom. The third-order valence-electron chi connectivity index (χ3n) is 7.86. The van der Waals surface area contributed by atoms with Crippen molar-refractivity contribution in [2.24, 2.45) is 0 Å². The van der Waals surface area contributed by atoms with Crippen LogP contribution in [0.1, 0.15) is 129 Å². The van der Waals surface area contributed by atoms with Crippen molar-refractivity contribution >= 4 is 0 Å². The minimum absolute atomic E-state index is 0.111. The van der Waals surface area contributed by atoms with Crippen LogP contribution in [0.5, 0.6) is 0 Å². The molecule has 0 rings (SSSR count). The van der Waals surface area contributed by atoms with Crippen LogP contribution in [-0.2, 0) is 0 Å². The van der Waals surface area contributed by atoms with Crippen LogP contribution in [0.4, 0.5) is 0 Å². The summed E-state index contributed by atoms with van der Waals surface area (Å²) in [6.45, 7) is 31.4. The highest BCUT2D eigenvalue weighted by molar-refractivity contribution is 4.98. The average Bonchev–Trinajstić information content (AvgIpc) is 2.72. The second-order valence-corrected chi connectivity index (χ2v) is 9.74. The van der Waals surface area contributed by atoms with E-state index in [2.05, 4.69) is 105 Å². The lowest BCUT2D eigenvalue weighted by molar-refractivity contribution is -0.232. The molecule has 0 N–H and O–H groups in total. The predicted molar refractivity (Wildman–Crippen MR) is 132 cm³/mol. The zero-order valence-corrected chi connectivity index (χ0v) is 22.5. The van der Waals surface area contributed by atoms with Gasteiger partial charge in [-0.3, -0.25) is 14.7 Å². The first kappa shape index (κ1) is 28.9. The molecule has 29 heavy (non-hydrogen) atoms. The third-order valence-corrected chi connectivity index (χ3v) is 7.86. The summed E-state index contributed by atoms with van der Waals surface area (Å²) in [5.41, 5.74) is 0. The van der Waals surface area contributed by atoms with E-state index in [1.165, 1.54) is 38.5 Å². The fourth-order valence-electron chi connectivity index (χ4n) is 5.39. The molecule has 0 bridgehead atoms. The van der Waals surface area contributed by atoms with Crippen molar-refractivity contribution in [3.8, 4) is 0 Å². The molecule has 176 valence electrons. The second-order valence-electron chi connectivity index (χ2n) is 9.74. The highest BCUT2D eigenvalue weighted by Gasteiger charge is 2.51. The molecule has 3 heteroatoms. The average molecular weight is 412 g/mol. The number of hydrogen-bond acceptors (Lipinski definition) is 3. The standard InChI is InChI=1S/C26H57N3/c1-14-20(7)27(21(8)15-2)26(13,28(22(9)16-3)23(10)17-4)29(24(11)18-5)25(12)19-6/h20-25H,14-19H2,1-13H3. The monoisotopic (exact) mass is 411 g/mol. The molecular formula is C26H57N3. The summed E-state index contributed by atoms with van der Waals surface area (Å²) in [5, 5.41) is 0. The van der Waals surface area contributed by atoms with Crippen LogP contribution in [0.15, 0.2) is 0 Å². The molecule has 0 aliphatic carbocycles. The van der Waals surface area contributed by atoms with E-state index in [1.54, 1.807) is 0 Å². The van der Waals surface area contributed by atoms with Gasteiger partial charge in [0.2, 0.25) is 0 Å². The highest BCUT2D eigenvalue weighted by atomic mass is 15.6. The van der Waals surface area contributed by atoms with Gasteiger partial charge in [0.15, 0.2) is 0 Å². The summed E-state index contributed by atoms with van der Waals surface area (Å²) in [6.07, 6.45) is 7.10. The molecule has 0 saturated carbocycles. The largest absolute Gasteiger partial charge is 0.268 e. The Kier molecular flexibility index (Phi) is 13.3. The number of nitrogens with zero attached hydrogens (tertiary/aromatic N) is 3. The summed E-state index contributed by atoms with van der Waals surface area (Å²) in [4.78, 5) is 8.64. The summed E-state index contributed by atoms with van der Waals surface area (Å²) in [5.74, 6) is -0.111. The molecule has 0 spiro atoms. The van der Waals surface area contributed by atoms with E-state index < -0.39 is 0 Å². The van der Waals surface area contributed by atoms with Crippen LogP contribution >= 0.6 is 0 Å². The van der Waals surface area contributed by atoms with Gasteiger partial charge in [-0.1, -0.05) is 41.5 Å². The van der Waals surface area contributed by atoms with Crippen molar-refractivity contribution in [3.05, 3.63) is 0 Å². The molecule has 6 unspecified atom stereocenters. The van der Waals surface area contributed by atoms with E-state index in [4.69, 9.17) is 0 Å². The first-order valence-electron chi connectivity index (χ1n) is 12.9. The van der Waals surface area contributed by atoms with Crippen molar-refractivity contribution in [2.75, 3.05) is 0 Å². The Bertz CT molecular complexity index is 334. The maximum absolute atomic E-state index is 2.88. The molecule has 0 amide bonds. The lowest BCUT2D eigenvalue weighted by atomic mass is 9.96. The zero-order chi connectivity index (χ0) is 22.9. The van der Waals surface area contributed by atoms with Crippen molar-refractivity contribution in [1.82, 2.24) is 14.7 Å². The molecule has 0 radical (unpaired) electrons. The van der Waals surface area contributed by atoms with Gasteiger partial charge in [-0.15, -0.1) is 0 Å². The first-order valence-corrected chi connectivity index (χ1v) is 12.9. The summed E-state index contributed by atoms with van der Waals surface area (Å²) in [7, 11) is 0. The molecule has 0 aliphatic rings. The van der Waals surface area contributed by atoms with Crippen LogP contribution in [0, 0.1) is 0 Å². The highest BCUT2D eigenvalue weighted by Crippen LogP contribution is 2.39. The van der Waals surface area contributed by atoms with E-state index in [-0.39, 0.29) is 5.79 Å². The summed E-state index contributed by atoms with van der Waals surface area (Å²) >= 11 is 0. The van der Waals surface area contributed by atoms with Crippen LogP contribution < -0.4 is 0 Å². The van der Waals surface area contributed by atoms with Gasteiger partial charge in [0.1, 0.15) is 5.79 Å². The van der Waals surface area contributed by atoms with Crippen LogP contribution in [-0.4, -0.2) is 56.7 Å². The van der Waals surface area contributed by atoms with E-state index in [0.29, 0.717) is 36.3 Å². The minimum atomic E-state index is -0.111. The van der Waals surface area contributed by atoms with E-state index in [9.17, 15) is 0 Å². The Morgan fingerprint density at radius 1 is 0.414 bits per heavy atom. The van der Waals surface area contributed by atoms with Gasteiger partial charge in [-0.25, -0.2) is 0 Å². The van der Waals surface area contributed by atoms with Gasteiger partial charge in [0, 0.05) is 36.3 Å². The third kappa shape index (κ3) is 6.43. The minimum Gasteiger partial charge on any atom is -0.268 e. The maximum Gasteiger partial charge on any atom is 0.129 e. The van der Waals surface area contributed by atoms with Crippen molar-refractivity contribution in [2.45, 2.75) is 171 Å². The second kappa shape index (κ2) is 13.3. The molecule has 0 aliphatic heterocycles. The molecule has 6 atom stereocenters. The van der Waals surface area contributed by atoms with Crippen LogP contribution in [0.2, 0.25) is 0 Å². The Hall–Kier alpha value is -0.120. The normalized spacial score (nSPS) is 21.1. The van der Waals surface area contributed by atoms with Gasteiger partial charge in [0.25, 0.3) is 0 Å². The Morgan fingerprint density at radius 3 is 0.655 bits per heavy atom. The quantitative estimate of drug-likeness (QED) is 0.261. The van der Waals surface area contributed by atoms with Gasteiger partial charge in [0.05, 0.1) is 0 Å². The first-order chi connectivity index (χ1) is 13.5. The van der Waals surface area contributed by atoms with Crippen LogP contribution in [0.3, 0.4) is 0 Å². The topological polar surface area (TPSA) is 9.72 Å². The smallest absolute Gasteiger partial charge is 0.129 e. The maximum atomic E-state index is 2.88. The molecule has 3 nitrogen and oxygen atoms in total. The van der Waals surface area contributed by atoms with E-state index in [0.717, 1.165) is 0 Å². The fraction of sp³-hybridized carbons (Fsp3) is 1.00. The SMILES string of the molecule is CCC(C)N(C(C)CC)C(C)(N(C(C)CC)C(C)CC)N(C(C)CC)C(C)CC. The Labute approximate surface area is 185 Å². The lowest BCUT2D eigenvalue weighted by Crippen LogP contribution is -2.76. The number of rotatable bonds is 15. The van der Waals surface area contributed by atoms with Gasteiger partial charge in [-0.05, 0) is 87.0 Å². The molecule has 0 aromatic carbocycles. The predicted octanol–water partition coefficient (Wildman–Crippen LogP) is 7.36. The molecular weight excluding hydrogens is 354 g/mol. The van der Waals surface area contributed by atoms with Crippen LogP contribution in [0.25, 0.3) is 0 Å². The van der Waals surface area contributed by atoms with Gasteiger partial charge in [-0.2, -0.15) is 0 Å².